The third kappa shape index (κ3) is 4.93. The third-order valence-electron chi connectivity index (χ3n) is 3.41. The molecule has 0 spiro atoms. The maximum absolute atomic E-state index is 12.2. The van der Waals surface area contributed by atoms with Gasteiger partial charge >= 0.3 is 0 Å². The van der Waals surface area contributed by atoms with Gasteiger partial charge < -0.3 is 11.1 Å². The summed E-state index contributed by atoms with van der Waals surface area (Å²) in [5.41, 5.74) is 8.15. The summed E-state index contributed by atoms with van der Waals surface area (Å²) in [5.74, 6) is 0.0117. The lowest BCUT2D eigenvalue weighted by molar-refractivity contribution is 0.0932. The molecule has 19 heavy (non-hydrogen) atoms. The number of amides is 1. The number of hydrogen-bond acceptors (Lipinski definition) is 2. The lowest BCUT2D eigenvalue weighted by Gasteiger charge is -2.18. The van der Waals surface area contributed by atoms with Crippen molar-refractivity contribution in [3.05, 3.63) is 29.3 Å². The highest BCUT2D eigenvalue weighted by atomic mass is 16.1. The molecule has 1 unspecified atom stereocenters. The lowest BCUT2D eigenvalue weighted by Crippen LogP contribution is -2.34. The zero-order chi connectivity index (χ0) is 14.3. The minimum Gasteiger partial charge on any atom is -0.399 e. The molecule has 3 heteroatoms. The predicted molar refractivity (Wildman–Crippen MR) is 81.3 cm³/mol. The van der Waals surface area contributed by atoms with Crippen LogP contribution in [0.4, 0.5) is 5.69 Å². The van der Waals surface area contributed by atoms with Crippen molar-refractivity contribution in [2.75, 3.05) is 5.73 Å². The third-order valence-corrected chi connectivity index (χ3v) is 3.41. The van der Waals surface area contributed by atoms with Crippen LogP contribution in [-0.4, -0.2) is 11.9 Å². The molecule has 1 atom stereocenters. The summed E-state index contributed by atoms with van der Waals surface area (Å²) in [5, 5.41) is 3.14. The maximum Gasteiger partial charge on any atom is 0.251 e. The molecule has 0 fully saturated rings. The first-order chi connectivity index (χ1) is 9.08. The molecule has 0 bridgehead atoms. The van der Waals surface area contributed by atoms with Crippen LogP contribution in [0, 0.1) is 6.92 Å². The van der Waals surface area contributed by atoms with Gasteiger partial charge in [-0.05, 0) is 43.5 Å². The second-order valence-electron chi connectivity index (χ2n) is 5.17. The van der Waals surface area contributed by atoms with Crippen LogP contribution in [0.15, 0.2) is 18.2 Å². The van der Waals surface area contributed by atoms with E-state index in [2.05, 4.69) is 19.2 Å². The Labute approximate surface area is 116 Å². The van der Waals surface area contributed by atoms with Crippen LogP contribution in [0.25, 0.3) is 0 Å². The quantitative estimate of drug-likeness (QED) is 0.737. The number of carbonyl (C=O) groups excluding carboxylic acids is 1. The fourth-order valence-corrected chi connectivity index (χ4v) is 2.17. The summed E-state index contributed by atoms with van der Waals surface area (Å²) in [7, 11) is 0. The number of nitrogens with two attached hydrogens (primary N) is 1. The molecule has 0 heterocycles. The molecule has 1 aromatic rings. The Morgan fingerprint density at radius 1 is 1.26 bits per heavy atom. The Morgan fingerprint density at radius 2 is 2.00 bits per heavy atom. The van der Waals surface area contributed by atoms with Crippen molar-refractivity contribution in [1.82, 2.24) is 5.32 Å². The molecule has 0 aliphatic carbocycles. The summed E-state index contributed by atoms with van der Waals surface area (Å²) < 4.78 is 0. The van der Waals surface area contributed by atoms with Crippen molar-refractivity contribution in [2.45, 2.75) is 58.9 Å². The predicted octanol–water partition coefficient (Wildman–Crippen LogP) is 3.67. The van der Waals surface area contributed by atoms with Crippen molar-refractivity contribution >= 4 is 11.6 Å². The number of rotatable bonds is 7. The highest BCUT2D eigenvalue weighted by Gasteiger charge is 2.13. The van der Waals surface area contributed by atoms with Crippen molar-refractivity contribution < 1.29 is 4.79 Å². The largest absolute Gasteiger partial charge is 0.399 e. The molecule has 1 aromatic carbocycles. The fourth-order valence-electron chi connectivity index (χ4n) is 2.17. The van der Waals surface area contributed by atoms with E-state index in [-0.39, 0.29) is 11.9 Å². The normalized spacial score (nSPS) is 12.2. The standard InChI is InChI=1S/C16H26N2O/c1-4-6-8-14(7-5-2)18-16(19)13-9-10-15(17)12(3)11-13/h9-11,14H,4-8,17H2,1-3H3,(H,18,19). The van der Waals surface area contributed by atoms with Gasteiger partial charge in [-0.25, -0.2) is 0 Å². The molecule has 1 rings (SSSR count). The molecule has 0 saturated heterocycles. The van der Waals surface area contributed by atoms with E-state index in [1.165, 1.54) is 0 Å². The van der Waals surface area contributed by atoms with Crippen LogP contribution in [0.3, 0.4) is 0 Å². The van der Waals surface area contributed by atoms with E-state index in [0.29, 0.717) is 5.56 Å². The Hall–Kier alpha value is -1.51. The van der Waals surface area contributed by atoms with E-state index < -0.39 is 0 Å². The van der Waals surface area contributed by atoms with Gasteiger partial charge in [0.25, 0.3) is 5.91 Å². The average Bonchev–Trinajstić information content (AvgIpc) is 2.39. The van der Waals surface area contributed by atoms with Gasteiger partial charge in [0.15, 0.2) is 0 Å². The van der Waals surface area contributed by atoms with Crippen molar-refractivity contribution in [3.8, 4) is 0 Å². The Balaban J connectivity index is 2.66. The van der Waals surface area contributed by atoms with Crippen molar-refractivity contribution in [1.29, 1.82) is 0 Å². The van der Waals surface area contributed by atoms with Crippen LogP contribution >= 0.6 is 0 Å². The van der Waals surface area contributed by atoms with Crippen LogP contribution < -0.4 is 11.1 Å². The highest BCUT2D eigenvalue weighted by Crippen LogP contribution is 2.14. The summed E-state index contributed by atoms with van der Waals surface area (Å²) in [6.07, 6.45) is 5.52. The van der Waals surface area contributed by atoms with Crippen molar-refractivity contribution in [2.24, 2.45) is 0 Å². The van der Waals surface area contributed by atoms with Gasteiger partial charge in [0.1, 0.15) is 0 Å². The molecule has 0 saturated carbocycles. The molecule has 0 aromatic heterocycles. The number of aryl methyl sites for hydroxylation is 1. The van der Waals surface area contributed by atoms with Gasteiger partial charge in [-0.1, -0.05) is 33.1 Å². The lowest BCUT2D eigenvalue weighted by atomic mass is 10.0. The molecule has 106 valence electrons. The first-order valence-corrected chi connectivity index (χ1v) is 7.25. The van der Waals surface area contributed by atoms with Gasteiger partial charge in [-0.3, -0.25) is 4.79 Å². The highest BCUT2D eigenvalue weighted by molar-refractivity contribution is 5.95. The van der Waals surface area contributed by atoms with E-state index >= 15 is 0 Å². The van der Waals surface area contributed by atoms with E-state index in [9.17, 15) is 4.79 Å². The molecule has 0 aliphatic heterocycles. The molecule has 0 radical (unpaired) electrons. The SMILES string of the molecule is CCCCC(CCC)NC(=O)c1ccc(N)c(C)c1. The van der Waals surface area contributed by atoms with E-state index in [1.54, 1.807) is 12.1 Å². The molecular weight excluding hydrogens is 236 g/mol. The van der Waals surface area contributed by atoms with Crippen LogP contribution in [0.5, 0.6) is 0 Å². The second kappa shape index (κ2) is 7.82. The Bertz CT molecular complexity index is 415. The van der Waals surface area contributed by atoms with E-state index in [0.717, 1.165) is 43.4 Å². The van der Waals surface area contributed by atoms with Gasteiger partial charge in [0.2, 0.25) is 0 Å². The number of unbranched alkanes of at least 4 members (excludes halogenated alkanes) is 1. The monoisotopic (exact) mass is 262 g/mol. The van der Waals surface area contributed by atoms with Gasteiger partial charge in [0.05, 0.1) is 0 Å². The maximum atomic E-state index is 12.2. The number of hydrogen-bond donors (Lipinski definition) is 2. The average molecular weight is 262 g/mol. The number of nitrogens with one attached hydrogen (secondary N) is 1. The number of anilines is 1. The minimum absolute atomic E-state index is 0.0117. The van der Waals surface area contributed by atoms with Crippen LogP contribution in [0.1, 0.15) is 61.9 Å². The Morgan fingerprint density at radius 3 is 2.58 bits per heavy atom. The molecule has 0 aliphatic rings. The van der Waals surface area contributed by atoms with Crippen molar-refractivity contribution in [3.63, 3.8) is 0 Å². The zero-order valence-corrected chi connectivity index (χ0v) is 12.3. The summed E-state index contributed by atoms with van der Waals surface area (Å²) >= 11 is 0. The van der Waals surface area contributed by atoms with Crippen LogP contribution in [0.2, 0.25) is 0 Å². The first kappa shape index (κ1) is 15.5. The zero-order valence-electron chi connectivity index (χ0n) is 12.3. The van der Waals surface area contributed by atoms with Gasteiger partial charge in [-0.2, -0.15) is 0 Å². The van der Waals surface area contributed by atoms with Gasteiger partial charge in [-0.15, -0.1) is 0 Å². The fraction of sp³-hybridized carbons (Fsp3) is 0.562. The molecule has 3 N–H and O–H groups in total. The van der Waals surface area contributed by atoms with E-state index in [1.807, 2.05) is 13.0 Å². The minimum atomic E-state index is 0.0117. The second-order valence-corrected chi connectivity index (χ2v) is 5.17. The molecule has 1 amide bonds. The number of nitrogen functional groups attached to an aromatic ring is 1. The summed E-state index contributed by atoms with van der Waals surface area (Å²) in [6, 6.07) is 5.73. The first-order valence-electron chi connectivity index (χ1n) is 7.25. The Kier molecular flexibility index (Phi) is 6.40. The van der Waals surface area contributed by atoms with Crippen LogP contribution in [-0.2, 0) is 0 Å². The summed E-state index contributed by atoms with van der Waals surface area (Å²) in [6.45, 7) is 6.25. The summed E-state index contributed by atoms with van der Waals surface area (Å²) in [4.78, 5) is 12.2. The number of carbonyl (C=O) groups is 1. The van der Waals surface area contributed by atoms with E-state index in [4.69, 9.17) is 5.73 Å². The molecular formula is C16H26N2O. The topological polar surface area (TPSA) is 55.1 Å². The molecule has 3 nitrogen and oxygen atoms in total. The smallest absolute Gasteiger partial charge is 0.251 e. The number of benzene rings is 1. The van der Waals surface area contributed by atoms with Gasteiger partial charge in [0, 0.05) is 17.3 Å².